The van der Waals surface area contributed by atoms with Crippen LogP contribution in [0.25, 0.3) is 0 Å². The van der Waals surface area contributed by atoms with Gasteiger partial charge in [-0.25, -0.2) is 0 Å². The van der Waals surface area contributed by atoms with Crippen molar-refractivity contribution in [3.8, 4) is 0 Å². The van der Waals surface area contributed by atoms with E-state index in [0.717, 1.165) is 13.1 Å². The summed E-state index contributed by atoms with van der Waals surface area (Å²) in [5.74, 6) is 0.430. The number of rotatable bonds is 9. The van der Waals surface area contributed by atoms with Gasteiger partial charge >= 0.3 is 0 Å². The molecule has 0 saturated carbocycles. The lowest BCUT2D eigenvalue weighted by atomic mass is 10.0. The number of carbonyl (C=O) groups excluding carboxylic acids is 2. The molecule has 0 aromatic heterocycles. The van der Waals surface area contributed by atoms with Crippen LogP contribution in [-0.4, -0.2) is 42.4 Å². The van der Waals surface area contributed by atoms with Gasteiger partial charge in [0.2, 0.25) is 11.8 Å². The Kier molecular flexibility index (Phi) is 12.9. The fourth-order valence-electron chi connectivity index (χ4n) is 1.93. The van der Waals surface area contributed by atoms with Gasteiger partial charge < -0.3 is 16.0 Å². The number of halogens is 1. The van der Waals surface area contributed by atoms with Crippen molar-refractivity contribution in [2.75, 3.05) is 19.6 Å². The number of amides is 2. The van der Waals surface area contributed by atoms with Gasteiger partial charge in [0.25, 0.3) is 0 Å². The van der Waals surface area contributed by atoms with E-state index in [1.165, 1.54) is 0 Å². The minimum absolute atomic E-state index is 0. The summed E-state index contributed by atoms with van der Waals surface area (Å²) in [6, 6.07) is -0.446. The number of nitrogens with two attached hydrogens (primary N) is 1. The highest BCUT2D eigenvalue weighted by Crippen LogP contribution is 2.02. The van der Waals surface area contributed by atoms with E-state index < -0.39 is 6.04 Å². The molecule has 0 heterocycles. The molecule has 0 bridgehead atoms. The van der Waals surface area contributed by atoms with Crippen LogP contribution in [0.3, 0.4) is 0 Å². The van der Waals surface area contributed by atoms with E-state index in [4.69, 9.17) is 5.73 Å². The van der Waals surface area contributed by atoms with Crippen LogP contribution >= 0.6 is 12.4 Å². The largest absolute Gasteiger partial charge is 0.355 e. The Hall–Kier alpha value is -0.810. The van der Waals surface area contributed by atoms with Gasteiger partial charge in [-0.05, 0) is 32.6 Å². The minimum Gasteiger partial charge on any atom is -0.355 e. The zero-order valence-corrected chi connectivity index (χ0v) is 14.0. The Balaban J connectivity index is 0. The van der Waals surface area contributed by atoms with Gasteiger partial charge in [-0.3, -0.25) is 9.59 Å². The van der Waals surface area contributed by atoms with Crippen molar-refractivity contribution in [1.82, 2.24) is 10.2 Å². The van der Waals surface area contributed by atoms with Crippen LogP contribution in [0.2, 0.25) is 0 Å². The van der Waals surface area contributed by atoms with Crippen LogP contribution in [-0.2, 0) is 9.59 Å². The Labute approximate surface area is 129 Å². The summed E-state index contributed by atoms with van der Waals surface area (Å²) in [5, 5.41) is 2.78. The molecule has 0 spiro atoms. The average Bonchev–Trinajstić information content (AvgIpc) is 2.34. The van der Waals surface area contributed by atoms with Crippen LogP contribution in [0.4, 0.5) is 0 Å². The maximum absolute atomic E-state index is 11.7. The third-order valence-corrected chi connectivity index (χ3v) is 3.04. The van der Waals surface area contributed by atoms with Crippen LogP contribution in [0.5, 0.6) is 0 Å². The van der Waals surface area contributed by atoms with E-state index in [2.05, 4.69) is 5.32 Å². The Morgan fingerprint density at radius 2 is 1.75 bits per heavy atom. The average molecular weight is 308 g/mol. The highest BCUT2D eigenvalue weighted by Gasteiger charge is 2.14. The number of hydrogen-bond acceptors (Lipinski definition) is 3. The zero-order valence-electron chi connectivity index (χ0n) is 13.1. The maximum atomic E-state index is 11.7. The SMILES string of the molecule is CCN(CC)C(=O)CCCNC(=O)[C@@H](N)CC(C)C.Cl. The lowest BCUT2D eigenvalue weighted by Crippen LogP contribution is -2.42. The van der Waals surface area contributed by atoms with Gasteiger partial charge in [-0.2, -0.15) is 0 Å². The topological polar surface area (TPSA) is 75.4 Å². The third-order valence-electron chi connectivity index (χ3n) is 3.04. The fraction of sp³-hybridized carbons (Fsp3) is 0.857. The summed E-state index contributed by atoms with van der Waals surface area (Å²) in [7, 11) is 0. The molecule has 0 unspecified atom stereocenters. The van der Waals surface area contributed by atoms with E-state index >= 15 is 0 Å². The first kappa shape index (κ1) is 21.5. The van der Waals surface area contributed by atoms with Gasteiger partial charge in [-0.15, -0.1) is 12.4 Å². The second-order valence-electron chi connectivity index (χ2n) is 5.20. The molecule has 0 aliphatic rings. The molecule has 20 heavy (non-hydrogen) atoms. The maximum Gasteiger partial charge on any atom is 0.236 e. The van der Waals surface area contributed by atoms with E-state index in [1.54, 1.807) is 4.90 Å². The molecule has 0 aliphatic carbocycles. The number of nitrogens with one attached hydrogen (secondary N) is 1. The molecule has 3 N–H and O–H groups in total. The highest BCUT2D eigenvalue weighted by molar-refractivity contribution is 5.85. The Morgan fingerprint density at radius 3 is 2.20 bits per heavy atom. The van der Waals surface area contributed by atoms with E-state index in [9.17, 15) is 9.59 Å². The summed E-state index contributed by atoms with van der Waals surface area (Å²) in [5.41, 5.74) is 5.76. The smallest absolute Gasteiger partial charge is 0.236 e. The number of hydrogen-bond donors (Lipinski definition) is 2. The molecule has 0 fully saturated rings. The molecule has 5 nitrogen and oxygen atoms in total. The van der Waals surface area contributed by atoms with Crippen LogP contribution in [0.15, 0.2) is 0 Å². The molecule has 0 aliphatic heterocycles. The van der Waals surface area contributed by atoms with Crippen molar-refractivity contribution in [3.63, 3.8) is 0 Å². The van der Waals surface area contributed by atoms with Gasteiger partial charge in [-0.1, -0.05) is 13.8 Å². The van der Waals surface area contributed by atoms with Crippen LogP contribution in [0.1, 0.15) is 47.0 Å². The standard InChI is InChI=1S/C14H29N3O2.ClH/c1-5-17(6-2)13(18)8-7-9-16-14(19)12(15)10-11(3)4;/h11-12H,5-10,15H2,1-4H3,(H,16,19);1H/t12-;/m0./s1. The summed E-state index contributed by atoms with van der Waals surface area (Å²) in [6.07, 6.45) is 1.82. The predicted octanol–water partition coefficient (Wildman–Crippen LogP) is 1.55. The second-order valence-corrected chi connectivity index (χ2v) is 5.20. The molecular weight excluding hydrogens is 278 g/mol. The summed E-state index contributed by atoms with van der Waals surface area (Å²) in [6.45, 7) is 9.99. The normalized spacial score (nSPS) is 11.7. The highest BCUT2D eigenvalue weighted by atomic mass is 35.5. The molecular formula is C14H30ClN3O2. The lowest BCUT2D eigenvalue weighted by molar-refractivity contribution is -0.131. The molecule has 0 aromatic carbocycles. The number of carbonyl (C=O) groups is 2. The fourth-order valence-corrected chi connectivity index (χ4v) is 1.93. The van der Waals surface area contributed by atoms with Gasteiger partial charge in [0.15, 0.2) is 0 Å². The van der Waals surface area contributed by atoms with E-state index in [1.807, 2.05) is 27.7 Å². The second kappa shape index (κ2) is 12.0. The van der Waals surface area contributed by atoms with Crippen molar-refractivity contribution in [2.24, 2.45) is 11.7 Å². The van der Waals surface area contributed by atoms with Gasteiger partial charge in [0.1, 0.15) is 0 Å². The first-order valence-electron chi connectivity index (χ1n) is 7.23. The molecule has 0 saturated heterocycles. The predicted molar refractivity (Wildman–Crippen MR) is 84.9 cm³/mol. The van der Waals surface area contributed by atoms with Crippen LogP contribution < -0.4 is 11.1 Å². The molecule has 1 atom stereocenters. The Morgan fingerprint density at radius 1 is 1.20 bits per heavy atom. The van der Waals surface area contributed by atoms with Crippen molar-refractivity contribution in [1.29, 1.82) is 0 Å². The molecule has 0 aromatic rings. The van der Waals surface area contributed by atoms with E-state index in [0.29, 0.717) is 31.7 Å². The molecule has 0 radical (unpaired) electrons. The van der Waals surface area contributed by atoms with Crippen molar-refractivity contribution < 1.29 is 9.59 Å². The zero-order chi connectivity index (χ0) is 14.8. The summed E-state index contributed by atoms with van der Waals surface area (Å²) in [4.78, 5) is 25.2. The van der Waals surface area contributed by atoms with Crippen molar-refractivity contribution in [3.05, 3.63) is 0 Å². The summed E-state index contributed by atoms with van der Waals surface area (Å²) >= 11 is 0. The first-order chi connectivity index (χ1) is 8.92. The van der Waals surface area contributed by atoms with Gasteiger partial charge in [0, 0.05) is 26.1 Å². The summed E-state index contributed by atoms with van der Waals surface area (Å²) < 4.78 is 0. The van der Waals surface area contributed by atoms with Crippen LogP contribution in [0, 0.1) is 5.92 Å². The third kappa shape index (κ3) is 9.15. The minimum atomic E-state index is -0.446. The molecule has 0 rings (SSSR count). The molecule has 2 amide bonds. The first-order valence-corrected chi connectivity index (χ1v) is 7.23. The number of nitrogens with zero attached hydrogens (tertiary/aromatic N) is 1. The Bertz CT molecular complexity index is 282. The van der Waals surface area contributed by atoms with Crippen molar-refractivity contribution in [2.45, 2.75) is 53.0 Å². The van der Waals surface area contributed by atoms with E-state index in [-0.39, 0.29) is 24.2 Å². The van der Waals surface area contributed by atoms with Crippen molar-refractivity contribution >= 4 is 24.2 Å². The quantitative estimate of drug-likeness (QED) is 0.635. The molecule has 6 heteroatoms. The molecule has 120 valence electrons. The monoisotopic (exact) mass is 307 g/mol. The van der Waals surface area contributed by atoms with Gasteiger partial charge in [0.05, 0.1) is 6.04 Å². The lowest BCUT2D eigenvalue weighted by Gasteiger charge is -2.18.